The molecule has 0 fully saturated rings. The van der Waals surface area contributed by atoms with Crippen molar-refractivity contribution in [1.82, 2.24) is 0 Å². The van der Waals surface area contributed by atoms with E-state index in [9.17, 15) is 20.2 Å². The summed E-state index contributed by atoms with van der Waals surface area (Å²) in [5.41, 5.74) is 5.61. The predicted octanol–water partition coefficient (Wildman–Crippen LogP) is 5.47. The molecular weight excluding hydrogens is 356 g/mol. The summed E-state index contributed by atoms with van der Waals surface area (Å²) >= 11 is 0. The molecule has 0 aliphatic carbocycles. The molecule has 0 radical (unpaired) electrons. The molecule has 2 rings (SSSR count). The number of rotatable bonds is 5. The zero-order chi connectivity index (χ0) is 21.2. The van der Waals surface area contributed by atoms with Gasteiger partial charge in [0.2, 0.25) is 0 Å². The van der Waals surface area contributed by atoms with Gasteiger partial charge in [0.05, 0.1) is 9.85 Å². The number of nitro groups is 2. The van der Waals surface area contributed by atoms with Gasteiger partial charge in [-0.3, -0.25) is 20.2 Å². The van der Waals surface area contributed by atoms with Gasteiger partial charge in [0, 0.05) is 12.2 Å². The topological polar surface area (TPSA) is 86.3 Å². The minimum Gasteiger partial charge on any atom is -0.258 e. The highest BCUT2D eigenvalue weighted by atomic mass is 16.6. The van der Waals surface area contributed by atoms with Crippen molar-refractivity contribution in [3.8, 4) is 0 Å². The van der Waals surface area contributed by atoms with Gasteiger partial charge < -0.3 is 0 Å². The number of aryl methyl sites for hydroxylation is 6. The summed E-state index contributed by atoms with van der Waals surface area (Å²) in [6.07, 6.45) is 2.61. The van der Waals surface area contributed by atoms with Gasteiger partial charge in [-0.15, -0.1) is 0 Å². The van der Waals surface area contributed by atoms with Crippen LogP contribution in [0.1, 0.15) is 44.5 Å². The number of hydrogen-bond acceptors (Lipinski definition) is 4. The lowest BCUT2D eigenvalue weighted by molar-refractivity contribution is -0.477. The minimum absolute atomic E-state index is 0.528. The van der Waals surface area contributed by atoms with Gasteiger partial charge in [0.25, 0.3) is 0 Å². The van der Waals surface area contributed by atoms with Gasteiger partial charge in [-0.25, -0.2) is 0 Å². The van der Waals surface area contributed by atoms with Crippen LogP contribution >= 0.6 is 0 Å². The van der Waals surface area contributed by atoms with Crippen molar-refractivity contribution >= 4 is 12.2 Å². The number of benzene rings is 2. The first-order chi connectivity index (χ1) is 13.0. The molecule has 0 aromatic heterocycles. The lowest BCUT2D eigenvalue weighted by Crippen LogP contribution is -2.10. The van der Waals surface area contributed by atoms with E-state index in [1.165, 1.54) is 12.2 Å². The van der Waals surface area contributed by atoms with Crippen molar-refractivity contribution in [2.45, 2.75) is 41.5 Å². The quantitative estimate of drug-likeness (QED) is 0.391. The standard InChI is InChI=1S/C22H24N2O4/c1-13-7-15(3)19(16(4)8-13)11-21(23(25)26)22(24(27)28)12-20-17(5)9-14(2)10-18(20)6/h7-12H,1-6H3/b21-11+,22-12+. The summed E-state index contributed by atoms with van der Waals surface area (Å²) in [4.78, 5) is 22.1. The van der Waals surface area contributed by atoms with Crippen LogP contribution in [0.5, 0.6) is 0 Å². The highest BCUT2D eigenvalue weighted by molar-refractivity contribution is 5.67. The summed E-state index contributed by atoms with van der Waals surface area (Å²) in [5, 5.41) is 23.5. The molecule has 0 saturated heterocycles. The lowest BCUT2D eigenvalue weighted by atomic mass is 9.97. The second-order valence-electron chi connectivity index (χ2n) is 7.20. The van der Waals surface area contributed by atoms with E-state index < -0.39 is 21.2 Å². The van der Waals surface area contributed by atoms with Gasteiger partial charge in [0.15, 0.2) is 0 Å². The Hall–Kier alpha value is -3.28. The van der Waals surface area contributed by atoms with E-state index in [0.29, 0.717) is 11.1 Å². The SMILES string of the molecule is Cc1cc(C)c(/C=C(\C(=C/c2c(C)cc(C)cc2C)[N+](=O)[O-])[N+](=O)[O-])c(C)c1. The Kier molecular flexibility index (Phi) is 6.13. The van der Waals surface area contributed by atoms with Crippen molar-refractivity contribution in [2.75, 3.05) is 0 Å². The van der Waals surface area contributed by atoms with E-state index in [1.54, 1.807) is 0 Å². The van der Waals surface area contributed by atoms with Crippen molar-refractivity contribution in [3.05, 3.63) is 100 Å². The van der Waals surface area contributed by atoms with Gasteiger partial charge in [-0.2, -0.15) is 0 Å². The Labute approximate surface area is 164 Å². The smallest absolute Gasteiger partial charge is 0.258 e. The molecule has 0 atom stereocenters. The first kappa shape index (κ1) is 21.0. The Morgan fingerprint density at radius 1 is 0.643 bits per heavy atom. The fraction of sp³-hybridized carbons (Fsp3) is 0.273. The van der Waals surface area contributed by atoms with E-state index in [4.69, 9.17) is 0 Å². The average molecular weight is 380 g/mol. The highest BCUT2D eigenvalue weighted by Crippen LogP contribution is 2.26. The fourth-order valence-electron chi connectivity index (χ4n) is 3.55. The molecule has 2 aromatic carbocycles. The molecule has 146 valence electrons. The maximum Gasteiger partial charge on any atom is 0.346 e. The normalized spacial score (nSPS) is 12.2. The van der Waals surface area contributed by atoms with Crippen LogP contribution in [0.15, 0.2) is 35.7 Å². The van der Waals surface area contributed by atoms with Crippen LogP contribution in [0.2, 0.25) is 0 Å². The number of nitrogens with zero attached hydrogens (tertiary/aromatic N) is 2. The first-order valence-corrected chi connectivity index (χ1v) is 8.89. The monoisotopic (exact) mass is 380 g/mol. The molecular formula is C22H24N2O4. The zero-order valence-electron chi connectivity index (χ0n) is 17.0. The second-order valence-corrected chi connectivity index (χ2v) is 7.20. The van der Waals surface area contributed by atoms with E-state index in [0.717, 1.165) is 33.4 Å². The Morgan fingerprint density at radius 2 is 0.893 bits per heavy atom. The highest BCUT2D eigenvalue weighted by Gasteiger charge is 2.30. The second kappa shape index (κ2) is 8.17. The molecule has 0 unspecified atom stereocenters. The van der Waals surface area contributed by atoms with Crippen molar-refractivity contribution < 1.29 is 9.85 Å². The van der Waals surface area contributed by atoms with Gasteiger partial charge in [-0.05, 0) is 74.9 Å². The third-order valence-electron chi connectivity index (χ3n) is 4.69. The maximum absolute atomic E-state index is 11.7. The molecule has 0 amide bonds. The van der Waals surface area contributed by atoms with Gasteiger partial charge in [-0.1, -0.05) is 35.4 Å². The van der Waals surface area contributed by atoms with Crippen LogP contribution in [0.25, 0.3) is 12.2 Å². The Bertz CT molecular complexity index is 903. The van der Waals surface area contributed by atoms with Crippen molar-refractivity contribution in [3.63, 3.8) is 0 Å². The van der Waals surface area contributed by atoms with E-state index in [1.807, 2.05) is 65.8 Å². The van der Waals surface area contributed by atoms with E-state index >= 15 is 0 Å². The predicted molar refractivity (Wildman–Crippen MR) is 111 cm³/mol. The first-order valence-electron chi connectivity index (χ1n) is 8.89. The van der Waals surface area contributed by atoms with Crippen LogP contribution in [0.4, 0.5) is 0 Å². The van der Waals surface area contributed by atoms with Crippen molar-refractivity contribution in [1.29, 1.82) is 0 Å². The molecule has 0 heterocycles. The molecule has 28 heavy (non-hydrogen) atoms. The largest absolute Gasteiger partial charge is 0.346 e. The Morgan fingerprint density at radius 3 is 1.11 bits per heavy atom. The van der Waals surface area contributed by atoms with Crippen molar-refractivity contribution in [2.24, 2.45) is 0 Å². The maximum atomic E-state index is 11.7. The molecule has 6 heteroatoms. The molecule has 0 aliphatic heterocycles. The van der Waals surface area contributed by atoms with Crippen LogP contribution in [0, 0.1) is 61.8 Å². The third kappa shape index (κ3) is 4.52. The number of hydrogen-bond donors (Lipinski definition) is 0. The fourth-order valence-corrected chi connectivity index (χ4v) is 3.55. The molecule has 0 saturated carbocycles. The molecule has 0 aliphatic rings. The summed E-state index contributed by atoms with van der Waals surface area (Å²) in [6.45, 7) is 11.2. The van der Waals surface area contributed by atoms with Crippen LogP contribution in [-0.4, -0.2) is 9.85 Å². The lowest BCUT2D eigenvalue weighted by Gasteiger charge is -2.09. The summed E-state index contributed by atoms with van der Waals surface area (Å²) in [7, 11) is 0. The minimum atomic E-state index is -0.688. The summed E-state index contributed by atoms with van der Waals surface area (Å²) in [6, 6.07) is 7.61. The van der Waals surface area contributed by atoms with Crippen LogP contribution < -0.4 is 0 Å². The van der Waals surface area contributed by atoms with E-state index in [2.05, 4.69) is 0 Å². The summed E-state index contributed by atoms with van der Waals surface area (Å²) in [5.74, 6) is 0. The zero-order valence-corrected chi connectivity index (χ0v) is 17.0. The molecule has 0 spiro atoms. The summed E-state index contributed by atoms with van der Waals surface area (Å²) < 4.78 is 0. The molecule has 2 aromatic rings. The average Bonchev–Trinajstić information content (AvgIpc) is 2.53. The van der Waals surface area contributed by atoms with Gasteiger partial charge in [0.1, 0.15) is 0 Å². The van der Waals surface area contributed by atoms with Gasteiger partial charge >= 0.3 is 11.4 Å². The molecule has 6 nitrogen and oxygen atoms in total. The Balaban J connectivity index is 2.75. The van der Waals surface area contributed by atoms with E-state index in [-0.39, 0.29) is 0 Å². The van der Waals surface area contributed by atoms with Crippen LogP contribution in [-0.2, 0) is 0 Å². The molecule has 0 bridgehead atoms. The van der Waals surface area contributed by atoms with Crippen LogP contribution in [0.3, 0.4) is 0 Å². The molecule has 0 N–H and O–H groups in total. The third-order valence-corrected chi connectivity index (χ3v) is 4.69.